The Hall–Kier alpha value is -3.39. The Morgan fingerprint density at radius 3 is 2.59 bits per heavy atom. The topological polar surface area (TPSA) is 62.7 Å². The molecule has 1 aromatic heterocycles. The first-order chi connectivity index (χ1) is 16.2. The first-order valence-electron chi connectivity index (χ1n) is 11.0. The highest BCUT2D eigenvalue weighted by Gasteiger charge is 2.33. The molecule has 1 aliphatic heterocycles. The summed E-state index contributed by atoms with van der Waals surface area (Å²) in [6, 6.07) is 15.1. The molecule has 0 aliphatic carbocycles. The zero-order valence-corrected chi connectivity index (χ0v) is 18.7. The number of hydrogen-bond acceptors (Lipinski definition) is 4. The maximum atomic E-state index is 13.3. The van der Waals surface area contributed by atoms with Crippen LogP contribution in [0.2, 0.25) is 0 Å². The average Bonchev–Trinajstić information content (AvgIpc) is 2.80. The highest BCUT2D eigenvalue weighted by Crippen LogP contribution is 2.33. The van der Waals surface area contributed by atoms with Gasteiger partial charge in [-0.05, 0) is 48.9 Å². The number of hydrogen-bond donors (Lipinski definition) is 1. The quantitative estimate of drug-likeness (QED) is 0.495. The number of alkyl halides is 3. The minimum Gasteiger partial charge on any atom is -0.489 e. The molecule has 34 heavy (non-hydrogen) atoms. The predicted octanol–water partition coefficient (Wildman–Crippen LogP) is 5.49. The van der Waals surface area contributed by atoms with Crippen molar-refractivity contribution in [3.8, 4) is 17.0 Å². The zero-order valence-electron chi connectivity index (χ0n) is 18.7. The van der Waals surface area contributed by atoms with Crippen LogP contribution in [0.1, 0.15) is 34.4 Å². The molecule has 0 saturated carbocycles. The van der Waals surface area contributed by atoms with Gasteiger partial charge < -0.3 is 9.84 Å². The van der Waals surface area contributed by atoms with Gasteiger partial charge in [-0.3, -0.25) is 14.7 Å². The van der Waals surface area contributed by atoms with Crippen LogP contribution in [0.5, 0.6) is 5.75 Å². The molecule has 0 radical (unpaired) electrons. The summed E-state index contributed by atoms with van der Waals surface area (Å²) < 4.78 is 45.5. The van der Waals surface area contributed by atoms with Crippen molar-refractivity contribution in [3.05, 3.63) is 82.5 Å². The van der Waals surface area contributed by atoms with E-state index >= 15 is 0 Å². The van der Waals surface area contributed by atoms with E-state index in [9.17, 15) is 18.0 Å². The predicted molar refractivity (Wildman–Crippen MR) is 121 cm³/mol. The van der Waals surface area contributed by atoms with E-state index in [1.54, 1.807) is 19.1 Å². The van der Waals surface area contributed by atoms with Crippen LogP contribution < -0.4 is 4.74 Å². The number of fused-ring (bicyclic) bond motifs is 1. The number of pyridine rings is 1. The first-order valence-corrected chi connectivity index (χ1v) is 11.0. The number of carboxylic acids is 1. The van der Waals surface area contributed by atoms with Gasteiger partial charge in [-0.25, -0.2) is 0 Å². The summed E-state index contributed by atoms with van der Waals surface area (Å²) in [5, 5.41) is 8.88. The summed E-state index contributed by atoms with van der Waals surface area (Å²) in [4.78, 5) is 17.7. The van der Waals surface area contributed by atoms with E-state index in [1.165, 1.54) is 12.1 Å². The summed E-state index contributed by atoms with van der Waals surface area (Å²) in [6.45, 7) is 3.54. The van der Waals surface area contributed by atoms with Crippen LogP contribution in [-0.4, -0.2) is 34.0 Å². The van der Waals surface area contributed by atoms with Crippen molar-refractivity contribution in [3.63, 3.8) is 0 Å². The number of halogens is 3. The maximum absolute atomic E-state index is 13.3. The molecule has 0 unspecified atom stereocenters. The second-order valence-corrected chi connectivity index (χ2v) is 8.44. The molecule has 1 N–H and O–H groups in total. The van der Waals surface area contributed by atoms with Crippen LogP contribution in [0.25, 0.3) is 11.3 Å². The van der Waals surface area contributed by atoms with Crippen molar-refractivity contribution in [2.75, 3.05) is 13.1 Å². The Labute approximate surface area is 195 Å². The highest BCUT2D eigenvalue weighted by molar-refractivity contribution is 5.66. The van der Waals surface area contributed by atoms with Gasteiger partial charge in [-0.15, -0.1) is 0 Å². The number of aryl methyl sites for hydroxylation is 1. The third-order valence-corrected chi connectivity index (χ3v) is 5.88. The summed E-state index contributed by atoms with van der Waals surface area (Å²) >= 11 is 0. The van der Waals surface area contributed by atoms with Crippen molar-refractivity contribution < 1.29 is 27.8 Å². The van der Waals surface area contributed by atoms with E-state index in [-0.39, 0.29) is 18.6 Å². The molecule has 0 bridgehead atoms. The normalized spacial score (nSPS) is 14.0. The number of aliphatic carboxylic acids is 1. The van der Waals surface area contributed by atoms with Gasteiger partial charge in [0.05, 0.1) is 17.7 Å². The maximum Gasteiger partial charge on any atom is 0.416 e. The van der Waals surface area contributed by atoms with Gasteiger partial charge in [0.15, 0.2) is 0 Å². The second-order valence-electron chi connectivity index (χ2n) is 8.44. The molecule has 5 nitrogen and oxygen atoms in total. The lowest BCUT2D eigenvalue weighted by molar-refractivity contribution is -0.139. The molecule has 2 aromatic carbocycles. The van der Waals surface area contributed by atoms with Gasteiger partial charge in [0.25, 0.3) is 0 Å². The number of aromatic nitrogens is 1. The fraction of sp³-hybridized carbons (Fsp3) is 0.308. The lowest BCUT2D eigenvalue weighted by Crippen LogP contribution is -2.32. The Bertz CT molecular complexity index is 1180. The molecule has 4 rings (SSSR count). The van der Waals surface area contributed by atoms with Crippen LogP contribution in [0.15, 0.2) is 54.6 Å². The highest BCUT2D eigenvalue weighted by atomic mass is 19.4. The molecule has 0 atom stereocenters. The molecule has 0 amide bonds. The molecular formula is C26H25F3N2O3. The first kappa shape index (κ1) is 23.8. The second kappa shape index (κ2) is 9.85. The molecule has 0 saturated heterocycles. The van der Waals surface area contributed by atoms with Crippen molar-refractivity contribution in [1.29, 1.82) is 0 Å². The Kier molecular flexibility index (Phi) is 6.88. The van der Waals surface area contributed by atoms with Gasteiger partial charge in [0, 0.05) is 42.9 Å². The smallest absolute Gasteiger partial charge is 0.416 e. The van der Waals surface area contributed by atoms with E-state index in [4.69, 9.17) is 14.8 Å². The van der Waals surface area contributed by atoms with E-state index < -0.39 is 17.7 Å². The number of carbonyl (C=O) groups is 1. The standard InChI is InChI=1S/C26H25F3N2O3/c1-17-2-8-22(26(27,28)29)20(14-17)16-34-21-6-3-18(4-7-21)23-9-5-19-15-31(13-11-25(32)33)12-10-24(19)30-23/h2-9,14H,10-13,15-16H2,1H3,(H,32,33). The number of nitrogens with zero attached hydrogens (tertiary/aromatic N) is 2. The average molecular weight is 470 g/mol. The lowest BCUT2D eigenvalue weighted by Gasteiger charge is -2.27. The lowest BCUT2D eigenvalue weighted by atomic mass is 10.0. The van der Waals surface area contributed by atoms with Crippen LogP contribution in [-0.2, 0) is 30.5 Å². The van der Waals surface area contributed by atoms with Crippen LogP contribution in [0.3, 0.4) is 0 Å². The SMILES string of the molecule is Cc1ccc(C(F)(F)F)c(COc2ccc(-c3ccc4c(n3)CCN(CCC(=O)O)C4)cc2)c1. The van der Waals surface area contributed by atoms with Gasteiger partial charge in [-0.1, -0.05) is 23.8 Å². The minimum atomic E-state index is -4.43. The van der Waals surface area contributed by atoms with Gasteiger partial charge >= 0.3 is 12.1 Å². The summed E-state index contributed by atoms with van der Waals surface area (Å²) in [5.41, 5.74) is 3.95. The van der Waals surface area contributed by atoms with Crippen molar-refractivity contribution in [2.24, 2.45) is 0 Å². The van der Waals surface area contributed by atoms with E-state index in [0.29, 0.717) is 18.8 Å². The molecule has 8 heteroatoms. The summed E-state index contributed by atoms with van der Waals surface area (Å²) in [6.07, 6.45) is -3.56. The van der Waals surface area contributed by atoms with Crippen molar-refractivity contribution >= 4 is 5.97 Å². The molecule has 1 aliphatic rings. The minimum absolute atomic E-state index is 0.102. The monoisotopic (exact) mass is 470 g/mol. The number of rotatable bonds is 7. The number of benzene rings is 2. The van der Waals surface area contributed by atoms with E-state index in [0.717, 1.165) is 47.1 Å². The summed E-state index contributed by atoms with van der Waals surface area (Å²) in [7, 11) is 0. The third-order valence-electron chi connectivity index (χ3n) is 5.88. The van der Waals surface area contributed by atoms with E-state index in [2.05, 4.69) is 4.90 Å². The molecule has 2 heterocycles. The molecule has 178 valence electrons. The van der Waals surface area contributed by atoms with Crippen LogP contribution in [0, 0.1) is 6.92 Å². The molecule has 0 fully saturated rings. The fourth-order valence-electron chi connectivity index (χ4n) is 4.08. The van der Waals surface area contributed by atoms with Crippen LogP contribution in [0.4, 0.5) is 13.2 Å². The van der Waals surface area contributed by atoms with Gasteiger partial charge in [0.1, 0.15) is 12.4 Å². The fourth-order valence-corrected chi connectivity index (χ4v) is 4.08. The van der Waals surface area contributed by atoms with Gasteiger partial charge in [-0.2, -0.15) is 13.2 Å². The molecule has 3 aromatic rings. The van der Waals surface area contributed by atoms with Gasteiger partial charge in [0.2, 0.25) is 0 Å². The third kappa shape index (κ3) is 5.75. The Balaban J connectivity index is 1.42. The van der Waals surface area contributed by atoms with E-state index in [1.807, 2.05) is 24.3 Å². The summed E-state index contributed by atoms with van der Waals surface area (Å²) in [5.74, 6) is -0.322. The zero-order chi connectivity index (χ0) is 24.3. The Morgan fingerprint density at radius 1 is 1.12 bits per heavy atom. The van der Waals surface area contributed by atoms with Crippen molar-refractivity contribution in [1.82, 2.24) is 9.88 Å². The number of ether oxygens (including phenoxy) is 1. The number of carboxylic acid groups (broad SMARTS) is 1. The molecule has 0 spiro atoms. The van der Waals surface area contributed by atoms with Crippen molar-refractivity contribution in [2.45, 2.75) is 39.1 Å². The molecular weight excluding hydrogens is 445 g/mol. The Morgan fingerprint density at radius 2 is 1.88 bits per heavy atom. The largest absolute Gasteiger partial charge is 0.489 e. The van der Waals surface area contributed by atoms with Crippen LogP contribution >= 0.6 is 0 Å².